The van der Waals surface area contributed by atoms with Gasteiger partial charge in [0.05, 0.1) is 20.3 Å². The van der Waals surface area contributed by atoms with Gasteiger partial charge < -0.3 is 24.7 Å². The maximum atomic E-state index is 12.3. The van der Waals surface area contributed by atoms with Crippen molar-refractivity contribution in [1.82, 2.24) is 15.2 Å². The number of hydrogen-bond donors (Lipinski definition) is 2. The molecule has 1 unspecified atom stereocenters. The summed E-state index contributed by atoms with van der Waals surface area (Å²) in [5.41, 5.74) is 2.03. The zero-order valence-electron chi connectivity index (χ0n) is 15.0. The van der Waals surface area contributed by atoms with Crippen LogP contribution in [0.4, 0.5) is 4.79 Å². The van der Waals surface area contributed by atoms with E-state index < -0.39 is 0 Å². The van der Waals surface area contributed by atoms with Gasteiger partial charge in [0, 0.05) is 42.2 Å². The highest BCUT2D eigenvalue weighted by Gasteiger charge is 2.26. The van der Waals surface area contributed by atoms with Crippen molar-refractivity contribution in [3.63, 3.8) is 0 Å². The van der Waals surface area contributed by atoms with Crippen molar-refractivity contribution in [1.29, 1.82) is 0 Å². The minimum atomic E-state index is -0.00534. The van der Waals surface area contributed by atoms with E-state index in [4.69, 9.17) is 9.47 Å². The number of ether oxygens (including phenoxy) is 2. The summed E-state index contributed by atoms with van der Waals surface area (Å²) in [6, 6.07) is 7.93. The Kier molecular flexibility index (Phi) is 5.81. The quantitative estimate of drug-likeness (QED) is 0.758. The second-order valence-electron chi connectivity index (χ2n) is 6.58. The first-order chi connectivity index (χ1) is 12.2. The van der Waals surface area contributed by atoms with E-state index in [0.717, 1.165) is 61.5 Å². The number of carbonyl (C=O) groups is 1. The van der Waals surface area contributed by atoms with E-state index in [-0.39, 0.29) is 6.03 Å². The van der Waals surface area contributed by atoms with Gasteiger partial charge in [0.15, 0.2) is 0 Å². The van der Waals surface area contributed by atoms with E-state index in [1.807, 2.05) is 29.2 Å². The van der Waals surface area contributed by atoms with Gasteiger partial charge in [-0.05, 0) is 37.1 Å². The second-order valence-corrected chi connectivity index (χ2v) is 6.58. The van der Waals surface area contributed by atoms with Crippen LogP contribution in [0.1, 0.15) is 25.5 Å². The van der Waals surface area contributed by atoms with Crippen LogP contribution in [-0.2, 0) is 11.3 Å². The maximum absolute atomic E-state index is 12.3. The number of benzene rings is 1. The fourth-order valence-electron chi connectivity index (χ4n) is 3.22. The molecule has 1 fully saturated rings. The normalized spacial score (nSPS) is 17.2. The molecule has 2 N–H and O–H groups in total. The van der Waals surface area contributed by atoms with E-state index in [1.54, 1.807) is 7.11 Å². The van der Waals surface area contributed by atoms with E-state index in [9.17, 15) is 4.79 Å². The molecule has 0 bridgehead atoms. The summed E-state index contributed by atoms with van der Waals surface area (Å²) >= 11 is 0. The zero-order chi connectivity index (χ0) is 17.6. The minimum absolute atomic E-state index is 0.00534. The Morgan fingerprint density at radius 2 is 2.28 bits per heavy atom. The third kappa shape index (κ3) is 4.45. The van der Waals surface area contributed by atoms with Crippen LogP contribution in [0.2, 0.25) is 0 Å². The van der Waals surface area contributed by atoms with Gasteiger partial charge >= 0.3 is 6.03 Å². The number of methoxy groups -OCH3 is 1. The number of nitrogens with zero attached hydrogens (tertiary/aromatic N) is 1. The highest BCUT2D eigenvalue weighted by atomic mass is 16.5. The molecule has 1 aliphatic rings. The zero-order valence-corrected chi connectivity index (χ0v) is 15.0. The van der Waals surface area contributed by atoms with Crippen molar-refractivity contribution in [2.75, 3.05) is 33.4 Å². The van der Waals surface area contributed by atoms with E-state index in [0.29, 0.717) is 12.5 Å². The molecule has 2 amide bonds. The van der Waals surface area contributed by atoms with Crippen molar-refractivity contribution in [2.24, 2.45) is 5.92 Å². The Morgan fingerprint density at radius 1 is 1.40 bits per heavy atom. The second kappa shape index (κ2) is 8.25. The van der Waals surface area contributed by atoms with Gasteiger partial charge in [0.2, 0.25) is 0 Å². The van der Waals surface area contributed by atoms with Crippen LogP contribution in [0.25, 0.3) is 10.9 Å². The molecule has 1 saturated heterocycles. The summed E-state index contributed by atoms with van der Waals surface area (Å²) in [7, 11) is 1.66. The van der Waals surface area contributed by atoms with Crippen molar-refractivity contribution in [3.05, 3.63) is 30.0 Å². The molecule has 1 atom stereocenters. The molecule has 1 aromatic carbocycles. The number of H-pyrrole nitrogens is 1. The molecular formula is C19H27N3O3. The highest BCUT2D eigenvalue weighted by molar-refractivity contribution is 5.82. The Labute approximate surface area is 148 Å². The largest absolute Gasteiger partial charge is 0.497 e. The number of aromatic nitrogens is 1. The summed E-state index contributed by atoms with van der Waals surface area (Å²) in [6.45, 7) is 5.72. The average molecular weight is 345 g/mol. The Morgan fingerprint density at radius 3 is 3.08 bits per heavy atom. The van der Waals surface area contributed by atoms with Gasteiger partial charge in [-0.25, -0.2) is 4.79 Å². The number of urea groups is 1. The first kappa shape index (κ1) is 17.6. The number of nitrogens with one attached hydrogen (secondary N) is 2. The van der Waals surface area contributed by atoms with Crippen molar-refractivity contribution >= 4 is 16.9 Å². The third-order valence-corrected chi connectivity index (χ3v) is 4.59. The average Bonchev–Trinajstić information content (AvgIpc) is 3.25. The summed E-state index contributed by atoms with van der Waals surface area (Å²) in [5.74, 6) is 1.29. The Bertz CT molecular complexity index is 713. The van der Waals surface area contributed by atoms with Gasteiger partial charge in [-0.3, -0.25) is 0 Å². The highest BCUT2D eigenvalue weighted by Crippen LogP contribution is 2.21. The summed E-state index contributed by atoms with van der Waals surface area (Å²) in [5, 5.41) is 4.08. The lowest BCUT2D eigenvalue weighted by atomic mass is 10.1. The van der Waals surface area contributed by atoms with Crippen LogP contribution in [-0.4, -0.2) is 49.3 Å². The van der Waals surface area contributed by atoms with Gasteiger partial charge in [0.25, 0.3) is 0 Å². The maximum Gasteiger partial charge on any atom is 0.317 e. The number of fused-ring (bicyclic) bond motifs is 1. The predicted molar refractivity (Wildman–Crippen MR) is 97.9 cm³/mol. The van der Waals surface area contributed by atoms with Crippen LogP contribution in [0.15, 0.2) is 24.3 Å². The van der Waals surface area contributed by atoms with Crippen molar-refractivity contribution in [3.8, 4) is 5.75 Å². The molecule has 0 saturated carbocycles. The number of hydrogen-bond acceptors (Lipinski definition) is 3. The summed E-state index contributed by atoms with van der Waals surface area (Å²) in [4.78, 5) is 17.6. The Hall–Kier alpha value is -2.21. The lowest BCUT2D eigenvalue weighted by molar-refractivity contribution is 0.102. The van der Waals surface area contributed by atoms with Gasteiger partial charge in [0.1, 0.15) is 5.75 Å². The van der Waals surface area contributed by atoms with Crippen LogP contribution >= 0.6 is 0 Å². The molecule has 0 radical (unpaired) electrons. The molecule has 25 heavy (non-hydrogen) atoms. The summed E-state index contributed by atoms with van der Waals surface area (Å²) in [6.07, 6.45) is 2.05. The molecule has 6 nitrogen and oxygen atoms in total. The van der Waals surface area contributed by atoms with Crippen LogP contribution in [0, 0.1) is 5.92 Å². The molecule has 6 heteroatoms. The molecule has 2 heterocycles. The standard InChI is InChI=1S/C19H27N3O3/c1-3-8-25-13-14-6-7-22(12-14)19(23)20-11-16-9-15-10-17(24-2)4-5-18(15)21-16/h4-5,9-10,14,21H,3,6-8,11-13H2,1-2H3,(H,20,23). The number of rotatable bonds is 7. The molecule has 2 aromatic rings. The lowest BCUT2D eigenvalue weighted by Gasteiger charge is -2.17. The number of likely N-dealkylation sites (tertiary alicyclic amines) is 1. The number of carbonyl (C=O) groups excluding carboxylic acids is 1. The predicted octanol–water partition coefficient (Wildman–Crippen LogP) is 3.13. The van der Waals surface area contributed by atoms with E-state index in [2.05, 4.69) is 17.2 Å². The molecule has 1 aromatic heterocycles. The Balaban J connectivity index is 1.49. The number of aromatic amines is 1. The third-order valence-electron chi connectivity index (χ3n) is 4.59. The van der Waals surface area contributed by atoms with Crippen molar-refractivity contribution < 1.29 is 14.3 Å². The molecular weight excluding hydrogens is 318 g/mol. The first-order valence-corrected chi connectivity index (χ1v) is 8.95. The minimum Gasteiger partial charge on any atom is -0.497 e. The molecule has 136 valence electrons. The lowest BCUT2D eigenvalue weighted by Crippen LogP contribution is -2.38. The molecule has 3 rings (SSSR count). The van der Waals surface area contributed by atoms with Gasteiger partial charge in [-0.15, -0.1) is 0 Å². The smallest absolute Gasteiger partial charge is 0.317 e. The van der Waals surface area contributed by atoms with Gasteiger partial charge in [-0.2, -0.15) is 0 Å². The molecule has 1 aliphatic heterocycles. The van der Waals surface area contributed by atoms with Crippen LogP contribution in [0.3, 0.4) is 0 Å². The summed E-state index contributed by atoms with van der Waals surface area (Å²) < 4.78 is 10.8. The van der Waals surface area contributed by atoms with Crippen LogP contribution < -0.4 is 10.1 Å². The van der Waals surface area contributed by atoms with Crippen molar-refractivity contribution in [2.45, 2.75) is 26.3 Å². The SMILES string of the molecule is CCCOCC1CCN(C(=O)NCc2cc3cc(OC)ccc3[nH]2)C1. The molecule has 0 spiro atoms. The van der Waals surface area contributed by atoms with E-state index in [1.165, 1.54) is 0 Å². The monoisotopic (exact) mass is 345 g/mol. The topological polar surface area (TPSA) is 66.6 Å². The first-order valence-electron chi connectivity index (χ1n) is 8.95. The van der Waals surface area contributed by atoms with Gasteiger partial charge in [-0.1, -0.05) is 6.92 Å². The van der Waals surface area contributed by atoms with Crippen LogP contribution in [0.5, 0.6) is 5.75 Å². The molecule has 0 aliphatic carbocycles. The van der Waals surface area contributed by atoms with E-state index >= 15 is 0 Å². The fraction of sp³-hybridized carbons (Fsp3) is 0.526. The number of amides is 2. The fourth-order valence-corrected chi connectivity index (χ4v) is 3.22.